The first-order valence-corrected chi connectivity index (χ1v) is 4.17. The van der Waals surface area contributed by atoms with Gasteiger partial charge in [-0.25, -0.2) is 4.98 Å². The first-order chi connectivity index (χ1) is 6.79. The molecule has 0 radical (unpaired) electrons. The molecule has 0 spiro atoms. The minimum atomic E-state index is -0.519. The molecule has 0 aromatic carbocycles. The Kier molecular flexibility index (Phi) is 2.02. The van der Waals surface area contributed by atoms with Gasteiger partial charge in [0, 0.05) is 18.6 Å². The van der Waals surface area contributed by atoms with Crippen molar-refractivity contribution in [3.63, 3.8) is 0 Å². The van der Waals surface area contributed by atoms with Crippen LogP contribution in [-0.4, -0.2) is 15.5 Å². The van der Waals surface area contributed by atoms with Crippen LogP contribution in [0.3, 0.4) is 0 Å². The van der Waals surface area contributed by atoms with Crippen LogP contribution in [0, 0.1) is 0 Å². The summed E-state index contributed by atoms with van der Waals surface area (Å²) < 4.78 is 1.80. The molecule has 2 aromatic rings. The Morgan fingerprint density at radius 3 is 2.64 bits per heavy atom. The molecule has 0 atom stereocenters. The van der Waals surface area contributed by atoms with Crippen molar-refractivity contribution in [2.45, 2.75) is 0 Å². The van der Waals surface area contributed by atoms with E-state index in [1.54, 1.807) is 22.9 Å². The van der Waals surface area contributed by atoms with Crippen molar-refractivity contribution < 1.29 is 4.79 Å². The Hall–Kier alpha value is -2.10. The highest BCUT2D eigenvalue weighted by molar-refractivity contribution is 5.94. The molecule has 0 aliphatic heterocycles. The SMILES string of the molecule is NC(=O)c1ncccc1-n1cccc1. The summed E-state index contributed by atoms with van der Waals surface area (Å²) in [7, 11) is 0. The van der Waals surface area contributed by atoms with Gasteiger partial charge in [0.15, 0.2) is 5.69 Å². The van der Waals surface area contributed by atoms with Crippen molar-refractivity contribution in [3.8, 4) is 5.69 Å². The first-order valence-electron chi connectivity index (χ1n) is 4.17. The predicted molar refractivity (Wildman–Crippen MR) is 52.1 cm³/mol. The fourth-order valence-corrected chi connectivity index (χ4v) is 1.29. The van der Waals surface area contributed by atoms with Crippen molar-refractivity contribution in [3.05, 3.63) is 48.5 Å². The maximum atomic E-state index is 11.1. The van der Waals surface area contributed by atoms with Gasteiger partial charge in [0.2, 0.25) is 0 Å². The van der Waals surface area contributed by atoms with E-state index in [1.165, 1.54) is 0 Å². The van der Waals surface area contributed by atoms with Gasteiger partial charge in [0.25, 0.3) is 5.91 Å². The minimum absolute atomic E-state index is 0.281. The van der Waals surface area contributed by atoms with Crippen molar-refractivity contribution in [2.24, 2.45) is 5.73 Å². The summed E-state index contributed by atoms with van der Waals surface area (Å²) in [6, 6.07) is 7.31. The highest BCUT2D eigenvalue weighted by Gasteiger charge is 2.09. The molecule has 1 amide bonds. The summed E-state index contributed by atoms with van der Waals surface area (Å²) in [5.41, 5.74) is 6.19. The molecule has 4 heteroatoms. The van der Waals surface area contributed by atoms with E-state index in [0.717, 1.165) is 0 Å². The molecular formula is C10H9N3O. The van der Waals surface area contributed by atoms with Crippen LogP contribution >= 0.6 is 0 Å². The number of primary amides is 1. The molecule has 2 aromatic heterocycles. The summed E-state index contributed by atoms with van der Waals surface area (Å²) in [6.07, 6.45) is 5.22. The van der Waals surface area contributed by atoms with Crippen LogP contribution in [0.4, 0.5) is 0 Å². The largest absolute Gasteiger partial charge is 0.364 e. The Balaban J connectivity index is 2.58. The summed E-state index contributed by atoms with van der Waals surface area (Å²) in [5, 5.41) is 0. The number of carbonyl (C=O) groups excluding carboxylic acids is 1. The second-order valence-corrected chi connectivity index (χ2v) is 2.83. The lowest BCUT2D eigenvalue weighted by atomic mass is 10.3. The number of aromatic nitrogens is 2. The fourth-order valence-electron chi connectivity index (χ4n) is 1.29. The second kappa shape index (κ2) is 3.33. The van der Waals surface area contributed by atoms with Crippen LogP contribution in [0.1, 0.15) is 10.5 Å². The standard InChI is InChI=1S/C10H9N3O/c11-10(14)9-8(4-3-5-12-9)13-6-1-2-7-13/h1-7H,(H2,11,14). The van der Waals surface area contributed by atoms with Gasteiger partial charge in [-0.2, -0.15) is 0 Å². The number of nitrogens with zero attached hydrogens (tertiary/aromatic N) is 2. The smallest absolute Gasteiger partial charge is 0.269 e. The number of hydrogen-bond donors (Lipinski definition) is 1. The van der Waals surface area contributed by atoms with Crippen LogP contribution in [0.5, 0.6) is 0 Å². The van der Waals surface area contributed by atoms with E-state index in [9.17, 15) is 4.79 Å². The molecule has 2 heterocycles. The van der Waals surface area contributed by atoms with Gasteiger partial charge >= 0.3 is 0 Å². The first kappa shape index (κ1) is 8.50. The fraction of sp³-hybridized carbons (Fsp3) is 0. The van der Waals surface area contributed by atoms with Crippen molar-refractivity contribution in [2.75, 3.05) is 0 Å². The number of rotatable bonds is 2. The lowest BCUT2D eigenvalue weighted by molar-refractivity contribution is 0.0995. The molecule has 2 N–H and O–H groups in total. The van der Waals surface area contributed by atoms with Crippen LogP contribution in [-0.2, 0) is 0 Å². The third kappa shape index (κ3) is 1.37. The average Bonchev–Trinajstić information content (AvgIpc) is 2.70. The Labute approximate surface area is 81.0 Å². The molecule has 4 nitrogen and oxygen atoms in total. The number of pyridine rings is 1. The second-order valence-electron chi connectivity index (χ2n) is 2.83. The van der Waals surface area contributed by atoms with Crippen molar-refractivity contribution in [1.82, 2.24) is 9.55 Å². The lowest BCUT2D eigenvalue weighted by Gasteiger charge is -2.05. The van der Waals surface area contributed by atoms with E-state index in [4.69, 9.17) is 5.73 Å². The molecule has 0 fully saturated rings. The summed E-state index contributed by atoms with van der Waals surface area (Å²) in [6.45, 7) is 0. The Morgan fingerprint density at radius 2 is 2.00 bits per heavy atom. The number of amides is 1. The van der Waals surface area contributed by atoms with Crippen LogP contribution in [0.2, 0.25) is 0 Å². The van der Waals surface area contributed by atoms with Crippen molar-refractivity contribution >= 4 is 5.91 Å². The van der Waals surface area contributed by atoms with E-state index in [-0.39, 0.29) is 5.69 Å². The highest BCUT2D eigenvalue weighted by atomic mass is 16.1. The molecule has 0 unspecified atom stereocenters. The van der Waals surface area contributed by atoms with Crippen LogP contribution < -0.4 is 5.73 Å². The molecule has 2 rings (SSSR count). The Morgan fingerprint density at radius 1 is 1.29 bits per heavy atom. The number of carbonyl (C=O) groups is 1. The number of nitrogens with two attached hydrogens (primary N) is 1. The molecule has 0 aliphatic rings. The van der Waals surface area contributed by atoms with E-state index >= 15 is 0 Å². The van der Waals surface area contributed by atoms with Gasteiger partial charge in [-0.3, -0.25) is 4.79 Å². The molecule has 0 bridgehead atoms. The highest BCUT2D eigenvalue weighted by Crippen LogP contribution is 2.10. The van der Waals surface area contributed by atoms with Gasteiger partial charge in [0.1, 0.15) is 0 Å². The monoisotopic (exact) mass is 187 g/mol. The van der Waals surface area contributed by atoms with Gasteiger partial charge in [0.05, 0.1) is 5.69 Å². The van der Waals surface area contributed by atoms with Gasteiger partial charge < -0.3 is 10.3 Å². The predicted octanol–water partition coefficient (Wildman–Crippen LogP) is 0.971. The molecule has 70 valence electrons. The van der Waals surface area contributed by atoms with Crippen molar-refractivity contribution in [1.29, 1.82) is 0 Å². The zero-order chi connectivity index (χ0) is 9.97. The molecule has 0 saturated heterocycles. The third-order valence-electron chi connectivity index (χ3n) is 1.90. The maximum Gasteiger partial charge on any atom is 0.269 e. The molecule has 0 aliphatic carbocycles. The lowest BCUT2D eigenvalue weighted by Crippen LogP contribution is -2.16. The molecule has 0 saturated carbocycles. The van der Waals surface area contributed by atoms with Gasteiger partial charge in [-0.05, 0) is 24.3 Å². The third-order valence-corrected chi connectivity index (χ3v) is 1.90. The van der Waals surface area contributed by atoms with Gasteiger partial charge in [-0.15, -0.1) is 0 Å². The topological polar surface area (TPSA) is 60.9 Å². The average molecular weight is 187 g/mol. The van der Waals surface area contributed by atoms with Crippen LogP contribution in [0.15, 0.2) is 42.9 Å². The molecule has 14 heavy (non-hydrogen) atoms. The zero-order valence-corrected chi connectivity index (χ0v) is 7.42. The van der Waals surface area contributed by atoms with E-state index in [0.29, 0.717) is 5.69 Å². The van der Waals surface area contributed by atoms with Crippen LogP contribution in [0.25, 0.3) is 5.69 Å². The van der Waals surface area contributed by atoms with E-state index < -0.39 is 5.91 Å². The maximum absolute atomic E-state index is 11.1. The summed E-state index contributed by atoms with van der Waals surface area (Å²) >= 11 is 0. The van der Waals surface area contributed by atoms with Gasteiger partial charge in [-0.1, -0.05) is 0 Å². The number of hydrogen-bond acceptors (Lipinski definition) is 2. The zero-order valence-electron chi connectivity index (χ0n) is 7.42. The molecular weight excluding hydrogens is 178 g/mol. The minimum Gasteiger partial charge on any atom is -0.364 e. The normalized spacial score (nSPS) is 10.0. The summed E-state index contributed by atoms with van der Waals surface area (Å²) in [5.74, 6) is -0.519. The summed E-state index contributed by atoms with van der Waals surface area (Å²) in [4.78, 5) is 15.0. The Bertz CT molecular complexity index is 448. The van der Waals surface area contributed by atoms with E-state index in [1.807, 2.05) is 24.5 Å². The quantitative estimate of drug-likeness (QED) is 0.761. The van der Waals surface area contributed by atoms with E-state index in [2.05, 4.69) is 4.98 Å².